The van der Waals surface area contributed by atoms with E-state index in [-0.39, 0.29) is 31.6 Å². The minimum atomic E-state index is -1.07. The van der Waals surface area contributed by atoms with Crippen LogP contribution in [0.4, 0.5) is 0 Å². The number of hydrogen-bond donors (Lipinski definition) is 4. The van der Waals surface area contributed by atoms with Gasteiger partial charge in [0.25, 0.3) is 5.91 Å². The van der Waals surface area contributed by atoms with Gasteiger partial charge in [0.1, 0.15) is 23.8 Å². The lowest BCUT2D eigenvalue weighted by Gasteiger charge is -2.30. The Labute approximate surface area is 276 Å². The van der Waals surface area contributed by atoms with E-state index < -0.39 is 54.2 Å². The third-order valence-corrected chi connectivity index (χ3v) is 8.43. The van der Waals surface area contributed by atoms with Crippen molar-refractivity contribution < 1.29 is 24.0 Å². The lowest BCUT2D eigenvalue weighted by Crippen LogP contribution is -2.57. The molecule has 3 atom stereocenters. The first-order chi connectivity index (χ1) is 22.6. The molecule has 5 amide bonds. The summed E-state index contributed by atoms with van der Waals surface area (Å²) in [5.74, 6) is -2.68. The molecule has 47 heavy (non-hydrogen) atoms. The average Bonchev–Trinajstić information content (AvgIpc) is 3.48. The molecule has 244 valence electrons. The molecule has 3 heterocycles. The molecule has 5 rings (SSSR count). The molecule has 0 aliphatic carbocycles. The second kappa shape index (κ2) is 14.9. The van der Waals surface area contributed by atoms with E-state index in [0.717, 1.165) is 22.0 Å². The summed E-state index contributed by atoms with van der Waals surface area (Å²) in [6.45, 7) is 1.08. The first-order valence-electron chi connectivity index (χ1n) is 15.2. The molecule has 0 bridgehead atoms. The van der Waals surface area contributed by atoms with E-state index in [9.17, 15) is 24.0 Å². The van der Waals surface area contributed by atoms with Gasteiger partial charge in [-0.2, -0.15) is 0 Å². The molecule has 4 N–H and O–H groups in total. The maximum absolute atomic E-state index is 14.0. The number of halogens is 1. The number of carbonyl (C=O) groups is 5. The lowest BCUT2D eigenvalue weighted by molar-refractivity contribution is -0.142. The van der Waals surface area contributed by atoms with Gasteiger partial charge in [0, 0.05) is 56.3 Å². The van der Waals surface area contributed by atoms with Crippen molar-refractivity contribution in [1.29, 1.82) is 0 Å². The number of para-hydroxylation sites is 1. The normalized spacial score (nSPS) is 20.2. The highest BCUT2D eigenvalue weighted by Gasteiger charge is 2.33. The summed E-state index contributed by atoms with van der Waals surface area (Å²) in [5, 5.41) is 9.62. The van der Waals surface area contributed by atoms with Crippen LogP contribution in [0, 0.1) is 0 Å². The van der Waals surface area contributed by atoms with Crippen LogP contribution < -0.4 is 16.0 Å². The van der Waals surface area contributed by atoms with Gasteiger partial charge >= 0.3 is 0 Å². The molecule has 13 heteroatoms. The molecule has 0 unspecified atom stereocenters. The molecule has 1 aliphatic rings. The second-order valence-corrected chi connectivity index (χ2v) is 11.9. The Morgan fingerprint density at radius 3 is 2.40 bits per heavy atom. The number of aromatic amines is 1. The van der Waals surface area contributed by atoms with E-state index >= 15 is 0 Å². The topological polar surface area (TPSA) is 157 Å². The number of fused-ring (bicyclic) bond motifs is 1. The zero-order valence-electron chi connectivity index (χ0n) is 26.0. The molecule has 0 radical (unpaired) electrons. The summed E-state index contributed by atoms with van der Waals surface area (Å²) in [6.07, 6.45) is 3.43. The van der Waals surface area contributed by atoms with Gasteiger partial charge in [0.2, 0.25) is 23.6 Å². The van der Waals surface area contributed by atoms with Crippen molar-refractivity contribution in [3.8, 4) is 0 Å². The van der Waals surface area contributed by atoms with Crippen LogP contribution in [0.15, 0.2) is 79.1 Å². The number of benzene rings is 2. The molecule has 12 nitrogen and oxygen atoms in total. The first kappa shape index (κ1) is 33.1. The van der Waals surface area contributed by atoms with E-state index in [1.165, 1.54) is 35.2 Å². The van der Waals surface area contributed by atoms with Crippen molar-refractivity contribution in [3.63, 3.8) is 0 Å². The van der Waals surface area contributed by atoms with Gasteiger partial charge in [-0.15, -0.1) is 0 Å². The van der Waals surface area contributed by atoms with Crippen molar-refractivity contribution in [3.05, 3.63) is 101 Å². The Balaban J connectivity index is 1.47. The standard InChI is InChI=1S/C34H36ClN7O5/c1-21-31(44)40-28(16-22-8-4-3-5-9-22)32(45)36-14-15-42(34(47)27-13-12-24(35)19-38-27)20-30(43)39-29(33(46)41(21)2)17-23-18-37-26-11-7-6-10-25(23)26/h3-13,18-19,21,28-29,37H,14-17,20H2,1-2H3,(H,36,45)(H,39,43)(H,40,44)/t21-,28-,29-/m0/s1. The van der Waals surface area contributed by atoms with E-state index in [4.69, 9.17) is 11.6 Å². The van der Waals surface area contributed by atoms with E-state index in [1.54, 1.807) is 13.1 Å². The number of nitrogens with one attached hydrogen (secondary N) is 4. The molecule has 0 saturated carbocycles. The summed E-state index contributed by atoms with van der Waals surface area (Å²) in [4.78, 5) is 77.8. The van der Waals surface area contributed by atoms with Crippen LogP contribution in [0.2, 0.25) is 5.02 Å². The highest BCUT2D eigenvalue weighted by molar-refractivity contribution is 6.30. The maximum atomic E-state index is 14.0. The number of amides is 5. The maximum Gasteiger partial charge on any atom is 0.272 e. The lowest BCUT2D eigenvalue weighted by atomic mass is 10.0. The minimum absolute atomic E-state index is 0.0141. The van der Waals surface area contributed by atoms with E-state index in [1.807, 2.05) is 54.6 Å². The molecule has 4 aromatic rings. The molecular weight excluding hydrogens is 622 g/mol. The van der Waals surface area contributed by atoms with Gasteiger partial charge in [-0.25, -0.2) is 4.98 Å². The van der Waals surface area contributed by atoms with Crippen LogP contribution in [0.1, 0.15) is 28.5 Å². The van der Waals surface area contributed by atoms with Crippen LogP contribution in [0.25, 0.3) is 10.9 Å². The zero-order valence-corrected chi connectivity index (χ0v) is 26.8. The van der Waals surface area contributed by atoms with Crippen molar-refractivity contribution in [1.82, 2.24) is 35.7 Å². The van der Waals surface area contributed by atoms with Gasteiger partial charge in [-0.3, -0.25) is 24.0 Å². The van der Waals surface area contributed by atoms with E-state index in [2.05, 4.69) is 25.9 Å². The Hall–Kier alpha value is -5.23. The number of carbonyl (C=O) groups excluding carboxylic acids is 5. The van der Waals surface area contributed by atoms with Crippen LogP contribution >= 0.6 is 11.6 Å². The van der Waals surface area contributed by atoms with Crippen LogP contribution in [-0.4, -0.2) is 94.1 Å². The summed E-state index contributed by atoms with van der Waals surface area (Å²) < 4.78 is 0. The fourth-order valence-electron chi connectivity index (χ4n) is 5.45. The monoisotopic (exact) mass is 657 g/mol. The molecule has 0 spiro atoms. The van der Waals surface area contributed by atoms with Gasteiger partial charge < -0.3 is 30.7 Å². The van der Waals surface area contributed by atoms with Gasteiger partial charge in [-0.05, 0) is 36.2 Å². The Morgan fingerprint density at radius 1 is 0.915 bits per heavy atom. The molecule has 2 aromatic carbocycles. The molecular formula is C34H36ClN7O5. The number of H-pyrrole nitrogens is 1. The quantitative estimate of drug-likeness (QED) is 0.258. The smallest absolute Gasteiger partial charge is 0.272 e. The summed E-state index contributed by atoms with van der Waals surface area (Å²) in [6, 6.07) is 16.8. The summed E-state index contributed by atoms with van der Waals surface area (Å²) in [5.41, 5.74) is 2.54. The number of aromatic nitrogens is 2. The Bertz CT molecular complexity index is 1760. The molecule has 1 aliphatic heterocycles. The summed E-state index contributed by atoms with van der Waals surface area (Å²) >= 11 is 5.97. The summed E-state index contributed by atoms with van der Waals surface area (Å²) in [7, 11) is 1.48. The number of likely N-dealkylation sites (N-methyl/N-ethyl adjacent to an activating group) is 1. The minimum Gasteiger partial charge on any atom is -0.361 e. The number of nitrogens with zero attached hydrogens (tertiary/aromatic N) is 3. The van der Waals surface area contributed by atoms with Crippen molar-refractivity contribution >= 4 is 52.0 Å². The number of rotatable bonds is 5. The second-order valence-electron chi connectivity index (χ2n) is 11.4. The molecule has 2 aromatic heterocycles. The van der Waals surface area contributed by atoms with Crippen LogP contribution in [-0.2, 0) is 32.0 Å². The van der Waals surface area contributed by atoms with Crippen molar-refractivity contribution in [2.24, 2.45) is 0 Å². The Kier molecular flexibility index (Phi) is 10.5. The van der Waals surface area contributed by atoms with Crippen molar-refractivity contribution in [2.75, 3.05) is 26.7 Å². The third-order valence-electron chi connectivity index (χ3n) is 8.21. The first-order valence-corrected chi connectivity index (χ1v) is 15.6. The fraction of sp³-hybridized carbons (Fsp3) is 0.294. The SMILES string of the molecule is C[C@H]1C(=O)N[C@@H](Cc2ccccc2)C(=O)NCCN(C(=O)c2ccc(Cl)cn2)CC(=O)N[C@@H](Cc2c[nH]c3ccccc23)C(=O)N1C. The fourth-order valence-corrected chi connectivity index (χ4v) is 5.56. The number of hydrogen-bond acceptors (Lipinski definition) is 6. The highest BCUT2D eigenvalue weighted by Crippen LogP contribution is 2.20. The van der Waals surface area contributed by atoms with E-state index in [0.29, 0.717) is 5.02 Å². The van der Waals surface area contributed by atoms with Crippen molar-refractivity contribution in [2.45, 2.75) is 37.9 Å². The predicted molar refractivity (Wildman–Crippen MR) is 176 cm³/mol. The number of pyridine rings is 1. The predicted octanol–water partition coefficient (Wildman–Crippen LogP) is 2.09. The van der Waals surface area contributed by atoms with Gasteiger partial charge in [0.05, 0.1) is 11.6 Å². The Morgan fingerprint density at radius 2 is 1.66 bits per heavy atom. The largest absolute Gasteiger partial charge is 0.361 e. The molecule has 1 saturated heterocycles. The average molecular weight is 658 g/mol. The van der Waals surface area contributed by atoms with Crippen LogP contribution in [0.5, 0.6) is 0 Å². The van der Waals surface area contributed by atoms with Gasteiger partial charge in [-0.1, -0.05) is 60.1 Å². The highest BCUT2D eigenvalue weighted by atomic mass is 35.5. The van der Waals surface area contributed by atoms with Gasteiger partial charge in [0.15, 0.2) is 0 Å². The molecule has 1 fully saturated rings. The van der Waals surface area contributed by atoms with Crippen LogP contribution in [0.3, 0.4) is 0 Å². The zero-order chi connectivity index (χ0) is 33.5. The third kappa shape index (κ3) is 8.14.